The van der Waals surface area contributed by atoms with Gasteiger partial charge < -0.3 is 29.7 Å². The Morgan fingerprint density at radius 1 is 1.07 bits per heavy atom. The van der Waals surface area contributed by atoms with Crippen molar-refractivity contribution < 1.29 is 29.0 Å². The zero-order valence-electron chi connectivity index (χ0n) is 26.5. The highest BCUT2D eigenvalue weighted by molar-refractivity contribution is 6.05. The van der Waals surface area contributed by atoms with Gasteiger partial charge in [-0.1, -0.05) is 25.1 Å². The number of pyridine rings is 1. The maximum absolute atomic E-state index is 14.3. The number of carbonyl (C=O) groups is 3. The monoisotopic (exact) mass is 616 g/mol. The van der Waals surface area contributed by atoms with Crippen LogP contribution >= 0.6 is 0 Å². The molecule has 1 aromatic heterocycles. The predicted molar refractivity (Wildman–Crippen MR) is 172 cm³/mol. The summed E-state index contributed by atoms with van der Waals surface area (Å²) < 4.78 is 12.6. The summed E-state index contributed by atoms with van der Waals surface area (Å²) in [6.07, 6.45) is 5.05. The number of carbonyl (C=O) groups excluding carboxylic acids is 3. The van der Waals surface area contributed by atoms with Gasteiger partial charge in [-0.05, 0) is 75.6 Å². The van der Waals surface area contributed by atoms with Gasteiger partial charge in [0.15, 0.2) is 0 Å². The SMILES string of the molecule is C[C@H]1CCCCO[C@@H](CN(C)C(=O)c2ccncc2)[C@@H](C)CN([C@@H](C)CO)C(=O)c2cc(NC(=O)c3ccccc3)ccc2O1. The molecule has 4 atom stereocenters. The topological polar surface area (TPSA) is 121 Å². The molecule has 1 aliphatic heterocycles. The molecule has 0 unspecified atom stereocenters. The first kappa shape index (κ1) is 33.6. The lowest BCUT2D eigenvalue weighted by atomic mass is 10.0. The molecule has 0 spiro atoms. The van der Waals surface area contributed by atoms with Crippen LogP contribution in [0.5, 0.6) is 5.75 Å². The van der Waals surface area contributed by atoms with Crippen molar-refractivity contribution in [1.82, 2.24) is 14.8 Å². The van der Waals surface area contributed by atoms with E-state index < -0.39 is 6.04 Å². The Morgan fingerprint density at radius 2 is 1.80 bits per heavy atom. The first-order valence-electron chi connectivity index (χ1n) is 15.5. The van der Waals surface area contributed by atoms with Crippen LogP contribution in [0.3, 0.4) is 0 Å². The highest BCUT2D eigenvalue weighted by Crippen LogP contribution is 2.29. The van der Waals surface area contributed by atoms with Crippen LogP contribution in [0, 0.1) is 5.92 Å². The van der Waals surface area contributed by atoms with E-state index in [1.54, 1.807) is 90.8 Å². The van der Waals surface area contributed by atoms with Gasteiger partial charge in [0.1, 0.15) is 5.75 Å². The Balaban J connectivity index is 1.63. The van der Waals surface area contributed by atoms with Crippen molar-refractivity contribution in [3.05, 3.63) is 89.7 Å². The third kappa shape index (κ3) is 9.12. The highest BCUT2D eigenvalue weighted by atomic mass is 16.5. The Hall–Kier alpha value is -4.28. The quantitative estimate of drug-likeness (QED) is 0.387. The van der Waals surface area contributed by atoms with Crippen molar-refractivity contribution in [2.75, 3.05) is 38.7 Å². The lowest BCUT2D eigenvalue weighted by Gasteiger charge is -2.36. The lowest BCUT2D eigenvalue weighted by Crippen LogP contribution is -2.48. The maximum Gasteiger partial charge on any atom is 0.258 e. The predicted octanol–water partition coefficient (Wildman–Crippen LogP) is 4.90. The zero-order chi connectivity index (χ0) is 32.3. The van der Waals surface area contributed by atoms with Crippen molar-refractivity contribution in [3.63, 3.8) is 0 Å². The minimum Gasteiger partial charge on any atom is -0.490 e. The number of rotatable bonds is 7. The standard InChI is InChI=1S/C35H44N4O6/c1-24-21-39(25(2)23-40)35(43)30-20-29(37-33(41)27-11-6-5-7-12-27)13-14-31(30)45-26(3)10-8-9-19-44-32(24)22-38(4)34(42)28-15-17-36-18-16-28/h5-7,11-18,20,24-26,32,40H,8-10,19,21-23H2,1-4H3,(H,37,41)/t24-,25-,26-,32-/m0/s1. The minimum absolute atomic E-state index is 0.144. The van der Waals surface area contributed by atoms with Gasteiger partial charge >= 0.3 is 0 Å². The van der Waals surface area contributed by atoms with E-state index in [2.05, 4.69) is 10.3 Å². The molecule has 3 amide bonds. The fraction of sp³-hybridized carbons (Fsp3) is 0.429. The summed E-state index contributed by atoms with van der Waals surface area (Å²) >= 11 is 0. The molecule has 10 heteroatoms. The van der Waals surface area contributed by atoms with Crippen LogP contribution in [-0.4, -0.2) is 89.2 Å². The number of aliphatic hydroxyl groups is 1. The molecule has 0 fully saturated rings. The Morgan fingerprint density at radius 3 is 2.51 bits per heavy atom. The Bertz CT molecular complexity index is 1420. The van der Waals surface area contributed by atoms with Crippen molar-refractivity contribution in [2.24, 2.45) is 5.92 Å². The van der Waals surface area contributed by atoms with Crippen LogP contribution in [0.15, 0.2) is 73.1 Å². The van der Waals surface area contributed by atoms with Gasteiger partial charge in [0, 0.05) is 61.9 Å². The smallest absolute Gasteiger partial charge is 0.258 e. The van der Waals surface area contributed by atoms with Gasteiger partial charge in [-0.15, -0.1) is 0 Å². The molecule has 0 saturated heterocycles. The van der Waals surface area contributed by atoms with E-state index in [4.69, 9.17) is 9.47 Å². The van der Waals surface area contributed by atoms with Crippen molar-refractivity contribution in [3.8, 4) is 5.75 Å². The molecule has 10 nitrogen and oxygen atoms in total. The number of fused-ring (bicyclic) bond motifs is 1. The second-order valence-electron chi connectivity index (χ2n) is 11.8. The van der Waals surface area contributed by atoms with Gasteiger partial charge in [0.2, 0.25) is 0 Å². The molecule has 0 saturated carbocycles. The average molecular weight is 617 g/mol. The summed E-state index contributed by atoms with van der Waals surface area (Å²) in [4.78, 5) is 47.6. The van der Waals surface area contributed by atoms with Crippen LogP contribution in [-0.2, 0) is 4.74 Å². The zero-order valence-corrected chi connectivity index (χ0v) is 26.5. The number of aromatic nitrogens is 1. The largest absolute Gasteiger partial charge is 0.490 e. The van der Waals surface area contributed by atoms with E-state index in [0.29, 0.717) is 41.3 Å². The summed E-state index contributed by atoms with van der Waals surface area (Å²) in [6, 6.07) is 16.8. The molecular formula is C35H44N4O6. The number of nitrogens with zero attached hydrogens (tertiary/aromatic N) is 3. The van der Waals surface area contributed by atoms with E-state index in [1.165, 1.54) is 0 Å². The second kappa shape index (κ2) is 16.2. The molecule has 0 aliphatic carbocycles. The molecule has 45 heavy (non-hydrogen) atoms. The van der Waals surface area contributed by atoms with Crippen LogP contribution in [0.2, 0.25) is 0 Å². The normalized spacial score (nSPS) is 20.2. The summed E-state index contributed by atoms with van der Waals surface area (Å²) in [7, 11) is 1.74. The van der Waals surface area contributed by atoms with E-state index >= 15 is 0 Å². The molecule has 240 valence electrons. The van der Waals surface area contributed by atoms with Crippen LogP contribution < -0.4 is 10.1 Å². The van der Waals surface area contributed by atoms with Crippen molar-refractivity contribution in [2.45, 2.75) is 58.3 Å². The summed E-state index contributed by atoms with van der Waals surface area (Å²) in [6.45, 7) is 6.58. The number of likely N-dealkylation sites (N-methyl/N-ethyl adjacent to an activating group) is 1. The number of benzene rings is 2. The lowest BCUT2D eigenvalue weighted by molar-refractivity contribution is -0.0149. The van der Waals surface area contributed by atoms with Crippen molar-refractivity contribution in [1.29, 1.82) is 0 Å². The molecule has 3 aromatic rings. The van der Waals surface area contributed by atoms with Crippen LogP contribution in [0.4, 0.5) is 5.69 Å². The first-order chi connectivity index (χ1) is 21.7. The van der Waals surface area contributed by atoms with Gasteiger partial charge in [-0.25, -0.2) is 0 Å². The van der Waals surface area contributed by atoms with Gasteiger partial charge in [0.25, 0.3) is 17.7 Å². The summed E-state index contributed by atoms with van der Waals surface area (Å²) in [5.41, 5.74) is 1.78. The number of aliphatic hydroxyl groups excluding tert-OH is 1. The molecule has 2 heterocycles. The number of ether oxygens (including phenoxy) is 2. The van der Waals surface area contributed by atoms with Crippen LogP contribution in [0.25, 0.3) is 0 Å². The molecule has 4 rings (SSSR count). The maximum atomic E-state index is 14.3. The Labute approximate surface area is 265 Å². The van der Waals surface area contributed by atoms with Gasteiger partial charge in [0.05, 0.1) is 30.4 Å². The molecule has 0 bridgehead atoms. The summed E-state index contributed by atoms with van der Waals surface area (Å²) in [5, 5.41) is 13.1. The van der Waals surface area contributed by atoms with Crippen LogP contribution in [0.1, 0.15) is 71.1 Å². The molecule has 2 N–H and O–H groups in total. The third-order valence-electron chi connectivity index (χ3n) is 8.07. The third-order valence-corrected chi connectivity index (χ3v) is 8.07. The number of anilines is 1. The number of amides is 3. The average Bonchev–Trinajstić information content (AvgIpc) is 3.06. The molecule has 1 aliphatic rings. The summed E-state index contributed by atoms with van der Waals surface area (Å²) in [5.74, 6) is -0.547. The minimum atomic E-state index is -0.516. The molecule has 0 radical (unpaired) electrons. The highest BCUT2D eigenvalue weighted by Gasteiger charge is 2.31. The number of hydrogen-bond acceptors (Lipinski definition) is 7. The van der Waals surface area contributed by atoms with E-state index in [0.717, 1.165) is 19.3 Å². The molecular weight excluding hydrogens is 572 g/mol. The van der Waals surface area contributed by atoms with E-state index in [-0.39, 0.29) is 49.0 Å². The van der Waals surface area contributed by atoms with Crippen molar-refractivity contribution >= 4 is 23.4 Å². The second-order valence-corrected chi connectivity index (χ2v) is 11.8. The number of nitrogens with one attached hydrogen (secondary N) is 1. The van der Waals surface area contributed by atoms with E-state index in [9.17, 15) is 19.5 Å². The first-order valence-corrected chi connectivity index (χ1v) is 15.5. The fourth-order valence-electron chi connectivity index (χ4n) is 5.32. The number of hydrogen-bond donors (Lipinski definition) is 2. The fourth-order valence-corrected chi connectivity index (χ4v) is 5.32. The van der Waals surface area contributed by atoms with Gasteiger partial charge in [-0.3, -0.25) is 19.4 Å². The Kier molecular flexibility index (Phi) is 12.1. The van der Waals surface area contributed by atoms with Gasteiger partial charge in [-0.2, -0.15) is 0 Å². The molecule has 2 aromatic carbocycles. The van der Waals surface area contributed by atoms with E-state index in [1.807, 2.05) is 19.9 Å².